The molecule has 0 aliphatic heterocycles. The highest BCUT2D eigenvalue weighted by Gasteiger charge is 2.38. The highest BCUT2D eigenvalue weighted by Crippen LogP contribution is 2.35. The van der Waals surface area contributed by atoms with Crippen LogP contribution in [0.15, 0.2) is 12.3 Å². The normalized spacial score (nSPS) is 27.4. The molecule has 0 aromatic carbocycles. The molecule has 2 atom stereocenters. The van der Waals surface area contributed by atoms with Crippen LogP contribution in [0.5, 0.6) is 0 Å². The molecule has 3 N–H and O–H groups in total. The van der Waals surface area contributed by atoms with Gasteiger partial charge in [0.2, 0.25) is 5.95 Å². The quantitative estimate of drug-likeness (QED) is 0.897. The van der Waals surface area contributed by atoms with E-state index in [2.05, 4.69) is 22.2 Å². The van der Waals surface area contributed by atoms with E-state index in [0.29, 0.717) is 6.54 Å². The highest BCUT2D eigenvalue weighted by atomic mass is 19.4. The largest absolute Gasteiger partial charge is 0.433 e. The van der Waals surface area contributed by atoms with Crippen LogP contribution in [0.2, 0.25) is 0 Å². The minimum Gasteiger partial charge on any atom is -0.347 e. The number of anilines is 1. The van der Waals surface area contributed by atoms with Gasteiger partial charge in [-0.2, -0.15) is 13.2 Å². The van der Waals surface area contributed by atoms with Gasteiger partial charge in [-0.25, -0.2) is 9.97 Å². The molecule has 0 bridgehead atoms. The molecule has 0 radical (unpaired) electrons. The van der Waals surface area contributed by atoms with Gasteiger partial charge in [0.15, 0.2) is 0 Å². The third-order valence-electron chi connectivity index (χ3n) is 4.12. The topological polar surface area (TPSA) is 63.8 Å². The van der Waals surface area contributed by atoms with E-state index in [1.165, 1.54) is 0 Å². The molecule has 1 aromatic rings. The van der Waals surface area contributed by atoms with Crippen molar-refractivity contribution in [2.24, 2.45) is 11.7 Å². The van der Waals surface area contributed by atoms with Crippen molar-refractivity contribution in [2.45, 2.75) is 44.3 Å². The van der Waals surface area contributed by atoms with Crippen molar-refractivity contribution in [1.29, 1.82) is 0 Å². The zero-order chi connectivity index (χ0) is 14.8. The Morgan fingerprint density at radius 3 is 2.80 bits per heavy atom. The van der Waals surface area contributed by atoms with Gasteiger partial charge in [-0.1, -0.05) is 19.8 Å². The van der Waals surface area contributed by atoms with Gasteiger partial charge in [0.25, 0.3) is 0 Å². The lowest BCUT2D eigenvalue weighted by atomic mass is 9.73. The van der Waals surface area contributed by atoms with Crippen molar-refractivity contribution in [1.82, 2.24) is 9.97 Å². The lowest BCUT2D eigenvalue weighted by molar-refractivity contribution is -0.141. The maximum atomic E-state index is 12.7. The summed E-state index contributed by atoms with van der Waals surface area (Å²) in [5.41, 5.74) is 4.51. The second-order valence-corrected chi connectivity index (χ2v) is 5.40. The minimum absolute atomic E-state index is 0.000903. The summed E-state index contributed by atoms with van der Waals surface area (Å²) in [5, 5.41) is 3.06. The van der Waals surface area contributed by atoms with Crippen molar-refractivity contribution < 1.29 is 13.2 Å². The number of nitrogens with zero attached hydrogens (tertiary/aromatic N) is 2. The summed E-state index contributed by atoms with van der Waals surface area (Å²) in [6.45, 7) is 2.42. The van der Waals surface area contributed by atoms with Crippen LogP contribution >= 0.6 is 0 Å². The first-order valence-corrected chi connectivity index (χ1v) is 6.76. The van der Waals surface area contributed by atoms with Gasteiger partial charge in [0.1, 0.15) is 5.69 Å². The molecule has 1 heterocycles. The Labute approximate surface area is 116 Å². The molecule has 4 nitrogen and oxygen atoms in total. The van der Waals surface area contributed by atoms with Crippen LogP contribution in [-0.4, -0.2) is 22.1 Å². The summed E-state index contributed by atoms with van der Waals surface area (Å²) in [6, 6.07) is 0.866. The number of nitrogens with two attached hydrogens (primary N) is 1. The summed E-state index contributed by atoms with van der Waals surface area (Å²) < 4.78 is 38.0. The number of rotatable bonds is 3. The van der Waals surface area contributed by atoms with E-state index in [9.17, 15) is 13.2 Å². The maximum absolute atomic E-state index is 12.7. The van der Waals surface area contributed by atoms with E-state index in [4.69, 9.17) is 5.73 Å². The van der Waals surface area contributed by atoms with Crippen LogP contribution in [0.25, 0.3) is 0 Å². The molecule has 1 aliphatic rings. The smallest absolute Gasteiger partial charge is 0.347 e. The molecule has 0 amide bonds. The first-order chi connectivity index (χ1) is 9.37. The van der Waals surface area contributed by atoms with Crippen molar-refractivity contribution >= 4 is 5.95 Å². The number of hydrogen-bond acceptors (Lipinski definition) is 4. The van der Waals surface area contributed by atoms with Crippen LogP contribution in [-0.2, 0) is 6.18 Å². The Balaban J connectivity index is 2.24. The Bertz CT molecular complexity index is 463. The average molecular weight is 288 g/mol. The molecular weight excluding hydrogens is 269 g/mol. The fraction of sp³-hybridized carbons (Fsp3) is 0.692. The summed E-state index contributed by atoms with van der Waals surface area (Å²) in [6.07, 6.45) is 0.609. The summed E-state index contributed by atoms with van der Waals surface area (Å²) in [5.74, 6) is 0.276. The zero-order valence-electron chi connectivity index (χ0n) is 11.4. The molecule has 2 unspecified atom stereocenters. The standard InChI is InChI=1S/C13H19F3N4/c1-9-4-2-3-6-12(9,8-17)20-11-18-7-5-10(19-11)13(14,15)16/h5,7,9H,2-4,6,8,17H2,1H3,(H,18,19,20). The first kappa shape index (κ1) is 15.0. The number of hydrogen-bond donors (Lipinski definition) is 2. The van der Waals surface area contributed by atoms with Gasteiger partial charge >= 0.3 is 6.18 Å². The van der Waals surface area contributed by atoms with Crippen LogP contribution in [0.4, 0.5) is 19.1 Å². The molecule has 7 heteroatoms. The van der Waals surface area contributed by atoms with E-state index < -0.39 is 17.4 Å². The summed E-state index contributed by atoms with van der Waals surface area (Å²) >= 11 is 0. The molecule has 2 rings (SSSR count). The second kappa shape index (κ2) is 5.55. The second-order valence-electron chi connectivity index (χ2n) is 5.40. The molecule has 0 spiro atoms. The van der Waals surface area contributed by atoms with Crippen LogP contribution < -0.4 is 11.1 Å². The minimum atomic E-state index is -4.46. The maximum Gasteiger partial charge on any atom is 0.433 e. The van der Waals surface area contributed by atoms with Gasteiger partial charge in [0.05, 0.1) is 5.54 Å². The van der Waals surface area contributed by atoms with E-state index in [1.807, 2.05) is 0 Å². The number of halogens is 3. The third kappa shape index (κ3) is 3.03. The van der Waals surface area contributed by atoms with Crippen molar-refractivity contribution in [3.8, 4) is 0 Å². The predicted molar refractivity (Wildman–Crippen MR) is 70.1 cm³/mol. The van der Waals surface area contributed by atoms with Crippen LogP contribution in [0.1, 0.15) is 38.3 Å². The molecule has 20 heavy (non-hydrogen) atoms. The molecule has 1 fully saturated rings. The molecule has 1 saturated carbocycles. The lowest BCUT2D eigenvalue weighted by Crippen LogP contribution is -2.52. The Morgan fingerprint density at radius 1 is 1.45 bits per heavy atom. The number of aromatic nitrogens is 2. The number of alkyl halides is 3. The Hall–Kier alpha value is -1.37. The Kier molecular flexibility index (Phi) is 4.17. The van der Waals surface area contributed by atoms with Crippen LogP contribution in [0, 0.1) is 5.92 Å². The summed E-state index contributed by atoms with van der Waals surface area (Å²) in [7, 11) is 0. The van der Waals surface area contributed by atoms with Crippen LogP contribution in [0.3, 0.4) is 0 Å². The van der Waals surface area contributed by atoms with Crippen molar-refractivity contribution in [2.75, 3.05) is 11.9 Å². The average Bonchev–Trinajstić information content (AvgIpc) is 2.41. The van der Waals surface area contributed by atoms with E-state index >= 15 is 0 Å². The first-order valence-electron chi connectivity index (χ1n) is 6.76. The van der Waals surface area contributed by atoms with Gasteiger partial charge in [-0.05, 0) is 24.8 Å². The van der Waals surface area contributed by atoms with Gasteiger partial charge in [0, 0.05) is 12.7 Å². The molecule has 1 aliphatic carbocycles. The summed E-state index contributed by atoms with van der Waals surface area (Å²) in [4.78, 5) is 7.46. The van der Waals surface area contributed by atoms with Gasteiger partial charge in [-0.15, -0.1) is 0 Å². The molecule has 0 saturated heterocycles. The third-order valence-corrected chi connectivity index (χ3v) is 4.12. The monoisotopic (exact) mass is 288 g/mol. The van der Waals surface area contributed by atoms with E-state index in [0.717, 1.165) is 37.9 Å². The molecule has 112 valence electrons. The Morgan fingerprint density at radius 2 is 2.20 bits per heavy atom. The van der Waals surface area contributed by atoms with Gasteiger partial charge in [-0.3, -0.25) is 0 Å². The fourth-order valence-electron chi connectivity index (χ4n) is 2.75. The van der Waals surface area contributed by atoms with Crippen molar-refractivity contribution in [3.63, 3.8) is 0 Å². The fourth-order valence-corrected chi connectivity index (χ4v) is 2.75. The molecule has 1 aromatic heterocycles. The lowest BCUT2D eigenvalue weighted by Gasteiger charge is -2.42. The van der Waals surface area contributed by atoms with E-state index in [1.54, 1.807) is 0 Å². The predicted octanol–water partition coefficient (Wildman–Crippen LogP) is 2.81. The van der Waals surface area contributed by atoms with E-state index in [-0.39, 0.29) is 11.9 Å². The molecular formula is C13H19F3N4. The van der Waals surface area contributed by atoms with Crippen molar-refractivity contribution in [3.05, 3.63) is 18.0 Å². The SMILES string of the molecule is CC1CCCCC1(CN)Nc1nccc(C(F)(F)F)n1. The van der Waals surface area contributed by atoms with Gasteiger partial charge < -0.3 is 11.1 Å². The zero-order valence-corrected chi connectivity index (χ0v) is 11.4. The highest BCUT2D eigenvalue weighted by molar-refractivity contribution is 5.32. The number of nitrogens with one attached hydrogen (secondary N) is 1.